The van der Waals surface area contributed by atoms with E-state index in [9.17, 15) is 22.4 Å². The third-order valence-corrected chi connectivity index (χ3v) is 1.54. The maximum absolute atomic E-state index is 13.1. The lowest BCUT2D eigenvalue weighted by Crippen LogP contribution is -2.18. The number of carbonyl (C=O) groups excluding carboxylic acids is 1. The average molecular weight is 253 g/mol. The predicted molar refractivity (Wildman–Crippen MR) is 46.8 cm³/mol. The Hall–Kier alpha value is -1.86. The smallest absolute Gasteiger partial charge is 0.462 e. The summed E-state index contributed by atoms with van der Waals surface area (Å²) in [7, 11) is 0. The number of alkyl halides is 3. The minimum atomic E-state index is -4.97. The van der Waals surface area contributed by atoms with Crippen LogP contribution < -0.4 is 4.74 Å². The van der Waals surface area contributed by atoms with Crippen LogP contribution in [0.2, 0.25) is 0 Å². The third kappa shape index (κ3) is 3.89. The van der Waals surface area contributed by atoms with Crippen molar-refractivity contribution in [1.82, 2.24) is 4.98 Å². The number of hydrogen-bond acceptors (Lipinski definition) is 4. The molecule has 0 fully saturated rings. The Balaban J connectivity index is 2.90. The summed E-state index contributed by atoms with van der Waals surface area (Å²) in [5.41, 5.74) is -0.554. The van der Waals surface area contributed by atoms with Crippen LogP contribution in [0, 0.1) is 5.95 Å². The molecule has 0 unspecified atom stereocenters. The number of ether oxygens (including phenoxy) is 2. The summed E-state index contributed by atoms with van der Waals surface area (Å²) < 4.78 is 56.3. The molecule has 8 heteroatoms. The van der Waals surface area contributed by atoms with Crippen LogP contribution in [0.1, 0.15) is 17.3 Å². The van der Waals surface area contributed by atoms with Gasteiger partial charge in [-0.2, -0.15) is 9.37 Å². The number of hydrogen-bond donors (Lipinski definition) is 0. The van der Waals surface area contributed by atoms with Crippen LogP contribution in [0.25, 0.3) is 0 Å². The number of rotatable bonds is 3. The van der Waals surface area contributed by atoms with E-state index in [0.29, 0.717) is 0 Å². The van der Waals surface area contributed by atoms with E-state index in [1.807, 2.05) is 0 Å². The molecule has 0 amide bonds. The fourth-order valence-corrected chi connectivity index (χ4v) is 0.954. The Morgan fingerprint density at radius 2 is 2.06 bits per heavy atom. The standard InChI is InChI=1S/C9H7F4NO3/c1-2-16-8(15)5-3-4-6(14-7(5)10)17-9(11,12)13/h3-4H,2H2,1H3. The normalized spacial score (nSPS) is 11.1. The summed E-state index contributed by atoms with van der Waals surface area (Å²) in [4.78, 5) is 13.9. The number of pyridine rings is 1. The molecular weight excluding hydrogens is 246 g/mol. The molecular formula is C9H7F4NO3. The Bertz CT molecular complexity index is 419. The predicted octanol–water partition coefficient (Wildman–Crippen LogP) is 2.30. The van der Waals surface area contributed by atoms with Crippen LogP contribution in [-0.4, -0.2) is 23.9 Å². The minimum absolute atomic E-state index is 0.0130. The molecule has 1 heterocycles. The van der Waals surface area contributed by atoms with Gasteiger partial charge in [0.1, 0.15) is 5.56 Å². The van der Waals surface area contributed by atoms with E-state index < -0.39 is 29.7 Å². The lowest BCUT2D eigenvalue weighted by Gasteiger charge is -2.08. The van der Waals surface area contributed by atoms with Crippen molar-refractivity contribution >= 4 is 5.97 Å². The molecule has 0 spiro atoms. The van der Waals surface area contributed by atoms with Gasteiger partial charge in [-0.3, -0.25) is 0 Å². The lowest BCUT2D eigenvalue weighted by atomic mass is 10.3. The molecule has 1 rings (SSSR count). The van der Waals surface area contributed by atoms with Gasteiger partial charge in [0.05, 0.1) is 6.61 Å². The van der Waals surface area contributed by atoms with Gasteiger partial charge in [0, 0.05) is 6.07 Å². The van der Waals surface area contributed by atoms with Crippen LogP contribution in [0.4, 0.5) is 17.6 Å². The maximum atomic E-state index is 13.1. The summed E-state index contributed by atoms with van der Waals surface area (Å²) in [5, 5.41) is 0. The molecule has 1 aromatic rings. The van der Waals surface area contributed by atoms with Crippen molar-refractivity contribution in [2.24, 2.45) is 0 Å². The Kier molecular flexibility index (Phi) is 3.87. The summed E-state index contributed by atoms with van der Waals surface area (Å²) in [5.74, 6) is -3.37. The zero-order valence-corrected chi connectivity index (χ0v) is 8.55. The maximum Gasteiger partial charge on any atom is 0.574 e. The first-order chi connectivity index (χ1) is 7.83. The van der Waals surface area contributed by atoms with Gasteiger partial charge in [0.15, 0.2) is 0 Å². The van der Waals surface area contributed by atoms with Crippen molar-refractivity contribution in [3.63, 3.8) is 0 Å². The van der Waals surface area contributed by atoms with E-state index in [1.54, 1.807) is 0 Å². The number of halogens is 4. The van der Waals surface area contributed by atoms with Crippen LogP contribution in [-0.2, 0) is 4.74 Å². The summed E-state index contributed by atoms with van der Waals surface area (Å²) in [6.45, 7) is 1.52. The highest BCUT2D eigenvalue weighted by Gasteiger charge is 2.32. The molecule has 0 N–H and O–H groups in total. The SMILES string of the molecule is CCOC(=O)c1ccc(OC(F)(F)F)nc1F. The van der Waals surface area contributed by atoms with Crippen molar-refractivity contribution in [3.8, 4) is 5.88 Å². The van der Waals surface area contributed by atoms with Crippen molar-refractivity contribution in [3.05, 3.63) is 23.6 Å². The molecule has 94 valence electrons. The van der Waals surface area contributed by atoms with Gasteiger partial charge in [0.2, 0.25) is 11.8 Å². The Morgan fingerprint density at radius 3 is 2.53 bits per heavy atom. The Labute approximate surface area is 93.2 Å². The van der Waals surface area contributed by atoms with E-state index in [0.717, 1.165) is 12.1 Å². The first-order valence-corrected chi connectivity index (χ1v) is 4.43. The molecule has 0 atom stereocenters. The van der Waals surface area contributed by atoms with Gasteiger partial charge in [-0.1, -0.05) is 0 Å². The van der Waals surface area contributed by atoms with Crippen molar-refractivity contribution in [2.75, 3.05) is 6.61 Å². The number of nitrogens with zero attached hydrogens (tertiary/aromatic N) is 1. The zero-order valence-electron chi connectivity index (χ0n) is 8.55. The molecule has 1 aromatic heterocycles. The highest BCUT2D eigenvalue weighted by molar-refractivity contribution is 5.89. The van der Waals surface area contributed by atoms with Crippen molar-refractivity contribution in [2.45, 2.75) is 13.3 Å². The fourth-order valence-electron chi connectivity index (χ4n) is 0.954. The fraction of sp³-hybridized carbons (Fsp3) is 0.333. The van der Waals surface area contributed by atoms with E-state index >= 15 is 0 Å². The number of carbonyl (C=O) groups is 1. The second kappa shape index (κ2) is 4.98. The topological polar surface area (TPSA) is 48.4 Å². The van der Waals surface area contributed by atoms with Gasteiger partial charge < -0.3 is 9.47 Å². The van der Waals surface area contributed by atoms with Crippen LogP contribution in [0.5, 0.6) is 5.88 Å². The van der Waals surface area contributed by atoms with E-state index in [4.69, 9.17) is 0 Å². The molecule has 0 bridgehead atoms. The molecule has 4 nitrogen and oxygen atoms in total. The quantitative estimate of drug-likeness (QED) is 0.471. The molecule has 0 aliphatic heterocycles. The van der Waals surface area contributed by atoms with Gasteiger partial charge >= 0.3 is 12.3 Å². The number of esters is 1. The zero-order chi connectivity index (χ0) is 13.1. The molecule has 0 saturated carbocycles. The van der Waals surface area contributed by atoms with Gasteiger partial charge in [-0.15, -0.1) is 13.2 Å². The van der Waals surface area contributed by atoms with E-state index in [-0.39, 0.29) is 6.61 Å². The van der Waals surface area contributed by atoms with E-state index in [2.05, 4.69) is 14.5 Å². The van der Waals surface area contributed by atoms with Crippen molar-refractivity contribution < 1.29 is 31.8 Å². The first kappa shape index (κ1) is 13.2. The molecule has 0 aliphatic carbocycles. The van der Waals surface area contributed by atoms with Crippen molar-refractivity contribution in [1.29, 1.82) is 0 Å². The minimum Gasteiger partial charge on any atom is -0.462 e. The Morgan fingerprint density at radius 1 is 1.41 bits per heavy atom. The summed E-state index contributed by atoms with van der Waals surface area (Å²) >= 11 is 0. The van der Waals surface area contributed by atoms with Gasteiger partial charge in [0.25, 0.3) is 0 Å². The largest absolute Gasteiger partial charge is 0.574 e. The van der Waals surface area contributed by atoms with Crippen LogP contribution in [0.3, 0.4) is 0 Å². The third-order valence-electron chi connectivity index (χ3n) is 1.54. The lowest BCUT2D eigenvalue weighted by molar-refractivity contribution is -0.276. The second-order valence-corrected chi connectivity index (χ2v) is 2.76. The van der Waals surface area contributed by atoms with E-state index in [1.165, 1.54) is 6.92 Å². The first-order valence-electron chi connectivity index (χ1n) is 4.43. The molecule has 0 radical (unpaired) electrons. The highest BCUT2D eigenvalue weighted by atomic mass is 19.4. The number of aromatic nitrogens is 1. The van der Waals surface area contributed by atoms with Crippen LogP contribution in [0.15, 0.2) is 12.1 Å². The van der Waals surface area contributed by atoms with Crippen LogP contribution >= 0.6 is 0 Å². The molecule has 0 saturated heterocycles. The molecule has 0 aromatic carbocycles. The van der Waals surface area contributed by atoms with Gasteiger partial charge in [-0.25, -0.2) is 4.79 Å². The second-order valence-electron chi connectivity index (χ2n) is 2.76. The summed E-state index contributed by atoms with van der Waals surface area (Å²) in [6.07, 6.45) is -4.97. The molecule has 0 aliphatic rings. The summed E-state index contributed by atoms with van der Waals surface area (Å²) in [6, 6.07) is 1.53. The average Bonchev–Trinajstić information content (AvgIpc) is 2.15. The molecule has 17 heavy (non-hydrogen) atoms. The highest BCUT2D eigenvalue weighted by Crippen LogP contribution is 2.21. The van der Waals surface area contributed by atoms with Gasteiger partial charge in [-0.05, 0) is 13.0 Å². The monoisotopic (exact) mass is 253 g/mol.